The van der Waals surface area contributed by atoms with Crippen molar-refractivity contribution in [3.05, 3.63) is 96.5 Å². The second-order valence-electron chi connectivity index (χ2n) is 10.8. The number of nitro benzene ring substituents is 1. The Morgan fingerprint density at radius 1 is 1.15 bits per heavy atom. The van der Waals surface area contributed by atoms with Crippen LogP contribution in [0.2, 0.25) is 10.0 Å². The lowest BCUT2D eigenvalue weighted by atomic mass is 9.72. The highest BCUT2D eigenvalue weighted by atomic mass is 35.5. The fourth-order valence-corrected chi connectivity index (χ4v) is 6.53. The van der Waals surface area contributed by atoms with E-state index < -0.39 is 4.92 Å². The quantitative estimate of drug-likeness (QED) is 0.136. The Kier molecular flexibility index (Phi) is 7.86. The topological polar surface area (TPSA) is 97.7 Å². The van der Waals surface area contributed by atoms with Gasteiger partial charge in [0.2, 0.25) is 0 Å². The van der Waals surface area contributed by atoms with Crippen LogP contribution in [0.3, 0.4) is 0 Å². The molecule has 5 rings (SSSR count). The first-order valence-electron chi connectivity index (χ1n) is 12.8. The lowest BCUT2D eigenvalue weighted by Gasteiger charge is -2.33. The van der Waals surface area contributed by atoms with Gasteiger partial charge in [-0.15, -0.1) is 11.3 Å². The number of benzene rings is 2. The summed E-state index contributed by atoms with van der Waals surface area (Å²) in [6.45, 7) is 6.78. The largest absolute Gasteiger partial charge is 0.455 e. The van der Waals surface area contributed by atoms with E-state index in [1.165, 1.54) is 17.0 Å². The molecule has 0 aliphatic heterocycles. The highest BCUT2D eigenvalue weighted by molar-refractivity contribution is 7.16. The number of furan rings is 1. The fraction of sp³-hybridized carbons (Fsp3) is 0.267. The molecule has 0 unspecified atom stereocenters. The first-order valence-corrected chi connectivity index (χ1v) is 14.4. The molecule has 1 atom stereocenters. The zero-order chi connectivity index (χ0) is 28.6. The van der Waals surface area contributed by atoms with Crippen LogP contribution in [0.25, 0.3) is 11.3 Å². The van der Waals surface area contributed by atoms with E-state index in [4.69, 9.17) is 32.6 Å². The maximum atomic E-state index is 13.5. The van der Waals surface area contributed by atoms with Gasteiger partial charge in [0.25, 0.3) is 11.6 Å². The van der Waals surface area contributed by atoms with E-state index in [2.05, 4.69) is 26.1 Å². The highest BCUT2D eigenvalue weighted by Crippen LogP contribution is 2.45. The van der Waals surface area contributed by atoms with Gasteiger partial charge in [-0.2, -0.15) is 0 Å². The first-order chi connectivity index (χ1) is 19.0. The van der Waals surface area contributed by atoms with Gasteiger partial charge in [-0.25, -0.2) is 4.99 Å². The Bertz CT molecular complexity index is 1620. The first kappa shape index (κ1) is 28.1. The average molecular weight is 597 g/mol. The summed E-state index contributed by atoms with van der Waals surface area (Å²) in [7, 11) is 0. The number of nitrogens with one attached hydrogen (secondary N) is 1. The molecule has 1 amide bonds. The van der Waals surface area contributed by atoms with Gasteiger partial charge in [-0.3, -0.25) is 14.9 Å². The van der Waals surface area contributed by atoms with Gasteiger partial charge < -0.3 is 9.73 Å². The van der Waals surface area contributed by atoms with Crippen molar-refractivity contribution in [2.45, 2.75) is 40.0 Å². The number of anilines is 1. The van der Waals surface area contributed by atoms with E-state index in [0.717, 1.165) is 24.8 Å². The molecule has 7 nitrogen and oxygen atoms in total. The summed E-state index contributed by atoms with van der Waals surface area (Å²) in [6, 6.07) is 14.7. The van der Waals surface area contributed by atoms with Crippen LogP contribution in [-0.2, 0) is 12.8 Å². The maximum absolute atomic E-state index is 13.5. The monoisotopic (exact) mass is 595 g/mol. The number of aliphatic imine (C=N–C) groups is 1. The highest BCUT2D eigenvalue weighted by Gasteiger charge is 2.33. The van der Waals surface area contributed by atoms with Crippen molar-refractivity contribution < 1.29 is 14.1 Å². The Labute approximate surface area is 246 Å². The van der Waals surface area contributed by atoms with Gasteiger partial charge in [0.05, 0.1) is 21.7 Å². The van der Waals surface area contributed by atoms with E-state index in [1.54, 1.807) is 60.0 Å². The van der Waals surface area contributed by atoms with Crippen molar-refractivity contribution in [2.24, 2.45) is 16.3 Å². The van der Waals surface area contributed by atoms with Crippen LogP contribution >= 0.6 is 34.5 Å². The smallest absolute Gasteiger partial charge is 0.270 e. The van der Waals surface area contributed by atoms with Gasteiger partial charge in [-0.1, -0.05) is 44.0 Å². The van der Waals surface area contributed by atoms with E-state index in [9.17, 15) is 14.9 Å². The molecular formula is C30H27Cl2N3O4S. The van der Waals surface area contributed by atoms with Crippen LogP contribution < -0.4 is 5.32 Å². The number of non-ortho nitro benzene ring substituents is 1. The molecular weight excluding hydrogens is 569 g/mol. The minimum Gasteiger partial charge on any atom is -0.455 e. The number of fused-ring (bicyclic) bond motifs is 1. The Hall–Kier alpha value is -3.46. The Morgan fingerprint density at radius 2 is 1.90 bits per heavy atom. The van der Waals surface area contributed by atoms with Crippen LogP contribution in [0.15, 0.2) is 64.0 Å². The van der Waals surface area contributed by atoms with Gasteiger partial charge in [-0.05, 0) is 78.6 Å². The van der Waals surface area contributed by atoms with Crippen molar-refractivity contribution in [2.75, 3.05) is 5.32 Å². The molecule has 0 spiro atoms. The van der Waals surface area contributed by atoms with Crippen molar-refractivity contribution in [3.63, 3.8) is 0 Å². The number of hydrogen-bond acceptors (Lipinski definition) is 6. The molecule has 206 valence electrons. The number of rotatable bonds is 6. The number of halogens is 2. The third-order valence-corrected chi connectivity index (χ3v) is 8.89. The third-order valence-electron chi connectivity index (χ3n) is 7.17. The maximum Gasteiger partial charge on any atom is 0.270 e. The molecule has 0 saturated heterocycles. The summed E-state index contributed by atoms with van der Waals surface area (Å²) >= 11 is 13.8. The minimum absolute atomic E-state index is 0.0955. The molecule has 1 N–H and O–H groups in total. The van der Waals surface area contributed by atoms with Crippen LogP contribution in [0.5, 0.6) is 0 Å². The molecule has 0 bridgehead atoms. The van der Waals surface area contributed by atoms with Gasteiger partial charge >= 0.3 is 0 Å². The SMILES string of the molecule is CC(C)(C)[C@H]1CCc2c(sc(N=Cc3ccc(-c4ccc([N+](=O)[O-])cc4Cl)o3)c2C(=O)Nc2ccc(Cl)cc2)C1. The number of hydrogen-bond donors (Lipinski definition) is 1. The molecule has 2 aromatic heterocycles. The van der Waals surface area contributed by atoms with Crippen molar-refractivity contribution in [1.29, 1.82) is 0 Å². The van der Waals surface area contributed by atoms with Crippen LogP contribution in [-0.4, -0.2) is 17.0 Å². The predicted octanol–water partition coefficient (Wildman–Crippen LogP) is 9.38. The van der Waals surface area contributed by atoms with Crippen LogP contribution in [0.4, 0.5) is 16.4 Å². The van der Waals surface area contributed by atoms with Gasteiger partial charge in [0.15, 0.2) is 0 Å². The standard InChI is InChI=1S/C30H27Cl2N3O4S/c1-30(2,3)17-4-11-23-26(14-17)40-29(27(23)28(36)34-19-7-5-18(31)6-8-19)33-16-21-10-13-25(39-21)22-12-9-20(35(37)38)15-24(22)32/h5-10,12-13,15-17H,4,11,14H2,1-3H3,(H,34,36)/t17-/m0/s1. The molecule has 40 heavy (non-hydrogen) atoms. The number of amides is 1. The molecule has 4 aromatic rings. The number of carbonyl (C=O) groups is 1. The second-order valence-corrected chi connectivity index (χ2v) is 12.8. The lowest BCUT2D eigenvalue weighted by Crippen LogP contribution is -2.27. The normalized spacial score (nSPS) is 15.3. The number of thiophene rings is 1. The van der Waals surface area contributed by atoms with E-state index in [-0.39, 0.29) is 22.0 Å². The minimum atomic E-state index is -0.499. The van der Waals surface area contributed by atoms with Crippen molar-refractivity contribution in [1.82, 2.24) is 0 Å². The van der Waals surface area contributed by atoms with Crippen molar-refractivity contribution >= 4 is 63.0 Å². The fourth-order valence-electron chi connectivity index (χ4n) is 4.87. The summed E-state index contributed by atoms with van der Waals surface area (Å²) in [4.78, 5) is 30.0. The van der Waals surface area contributed by atoms with E-state index >= 15 is 0 Å². The van der Waals surface area contributed by atoms with Crippen LogP contribution in [0, 0.1) is 21.4 Å². The molecule has 0 radical (unpaired) electrons. The van der Waals surface area contributed by atoms with Gasteiger partial charge in [0, 0.05) is 33.3 Å². The predicted molar refractivity (Wildman–Crippen MR) is 162 cm³/mol. The van der Waals surface area contributed by atoms with E-state index in [0.29, 0.717) is 44.3 Å². The second kappa shape index (κ2) is 11.2. The van der Waals surface area contributed by atoms with E-state index in [1.807, 2.05) is 0 Å². The zero-order valence-electron chi connectivity index (χ0n) is 22.2. The summed E-state index contributed by atoms with van der Waals surface area (Å²) < 4.78 is 5.93. The summed E-state index contributed by atoms with van der Waals surface area (Å²) in [5, 5.41) is 15.5. The summed E-state index contributed by atoms with van der Waals surface area (Å²) in [5.74, 6) is 1.23. The summed E-state index contributed by atoms with van der Waals surface area (Å²) in [5.41, 5.74) is 2.91. The zero-order valence-corrected chi connectivity index (χ0v) is 24.5. The average Bonchev–Trinajstić information content (AvgIpc) is 3.52. The molecule has 1 aliphatic rings. The van der Waals surface area contributed by atoms with Crippen LogP contribution in [0.1, 0.15) is 53.8 Å². The molecule has 10 heteroatoms. The molecule has 2 heterocycles. The number of carbonyl (C=O) groups excluding carboxylic acids is 1. The third kappa shape index (κ3) is 5.99. The van der Waals surface area contributed by atoms with Crippen molar-refractivity contribution in [3.8, 4) is 11.3 Å². The number of nitro groups is 1. The number of nitrogens with zero attached hydrogens (tertiary/aromatic N) is 2. The molecule has 1 aliphatic carbocycles. The molecule has 0 saturated carbocycles. The summed E-state index contributed by atoms with van der Waals surface area (Å²) in [6.07, 6.45) is 4.32. The molecule has 0 fully saturated rings. The Balaban J connectivity index is 1.46. The van der Waals surface area contributed by atoms with Gasteiger partial charge in [0.1, 0.15) is 16.5 Å². The lowest BCUT2D eigenvalue weighted by molar-refractivity contribution is -0.384. The Morgan fingerprint density at radius 3 is 2.58 bits per heavy atom. The molecule has 2 aromatic carbocycles.